The maximum absolute atomic E-state index is 4.03. The molecule has 0 aliphatic carbocycles. The van der Waals surface area contributed by atoms with E-state index in [1.807, 2.05) is 0 Å². The van der Waals surface area contributed by atoms with Gasteiger partial charge in [0, 0.05) is 0 Å². The van der Waals surface area contributed by atoms with Gasteiger partial charge < -0.3 is 0 Å². The van der Waals surface area contributed by atoms with E-state index in [4.69, 9.17) is 0 Å². The minimum atomic E-state index is 0.471. The molecule has 0 unspecified atom stereocenters. The minimum Gasteiger partial charge on any atom is -0.0654 e. The molecule has 1 radical (unpaired) electrons. The Labute approximate surface area is 123 Å². The standard InChI is InChI=1S/C19H39/c1-5-7-8-9-10-11-12-13-14-15-16-17-18-19(3,4)6-2/h2,5-18H2,1,3-4H3. The average molecular weight is 268 g/mol. The quantitative estimate of drug-likeness (QED) is 0.289. The molecule has 0 spiro atoms. The fourth-order valence-corrected chi connectivity index (χ4v) is 2.57. The van der Waals surface area contributed by atoms with Gasteiger partial charge in [-0.2, -0.15) is 0 Å². The molecule has 0 heteroatoms. The van der Waals surface area contributed by atoms with Gasteiger partial charge in [0.1, 0.15) is 0 Å². The van der Waals surface area contributed by atoms with Crippen LogP contribution in [-0.4, -0.2) is 0 Å². The van der Waals surface area contributed by atoms with E-state index in [9.17, 15) is 0 Å². The van der Waals surface area contributed by atoms with Crippen LogP contribution >= 0.6 is 0 Å². The molecule has 0 nitrogen and oxygen atoms in total. The fraction of sp³-hybridized carbons (Fsp3) is 0.947. The predicted octanol–water partition coefficient (Wildman–Crippen LogP) is 7.33. The highest BCUT2D eigenvalue weighted by Gasteiger charge is 2.13. The smallest absolute Gasteiger partial charge is 0.0354 e. The van der Waals surface area contributed by atoms with E-state index in [-0.39, 0.29) is 0 Å². The molecule has 0 atom stereocenters. The summed E-state index contributed by atoms with van der Waals surface area (Å²) in [6.07, 6.45) is 19.8. The molecular formula is C19H39. The van der Waals surface area contributed by atoms with Crippen molar-refractivity contribution in [1.29, 1.82) is 0 Å². The Morgan fingerprint density at radius 1 is 0.632 bits per heavy atom. The normalized spacial score (nSPS) is 12.0. The van der Waals surface area contributed by atoms with Crippen molar-refractivity contribution in [2.24, 2.45) is 5.41 Å². The lowest BCUT2D eigenvalue weighted by atomic mass is 9.84. The Hall–Kier alpha value is 0. The van der Waals surface area contributed by atoms with Gasteiger partial charge in [-0.25, -0.2) is 0 Å². The molecule has 0 aliphatic rings. The van der Waals surface area contributed by atoms with Gasteiger partial charge in [0.15, 0.2) is 0 Å². The summed E-state index contributed by atoms with van der Waals surface area (Å²) in [6, 6.07) is 0. The summed E-state index contributed by atoms with van der Waals surface area (Å²) >= 11 is 0. The minimum absolute atomic E-state index is 0.471. The van der Waals surface area contributed by atoms with Gasteiger partial charge in [-0.15, -0.1) is 0 Å². The van der Waals surface area contributed by atoms with Crippen LogP contribution in [0.2, 0.25) is 0 Å². The van der Waals surface area contributed by atoms with E-state index >= 15 is 0 Å². The van der Waals surface area contributed by atoms with Crippen molar-refractivity contribution in [2.75, 3.05) is 0 Å². The lowest BCUT2D eigenvalue weighted by Crippen LogP contribution is -2.08. The van der Waals surface area contributed by atoms with Crippen LogP contribution in [0.4, 0.5) is 0 Å². The van der Waals surface area contributed by atoms with Crippen molar-refractivity contribution in [3.05, 3.63) is 6.92 Å². The summed E-state index contributed by atoms with van der Waals surface area (Å²) in [5.41, 5.74) is 0.471. The van der Waals surface area contributed by atoms with E-state index in [1.54, 1.807) is 0 Å². The third-order valence-electron chi connectivity index (χ3n) is 4.38. The van der Waals surface area contributed by atoms with Gasteiger partial charge in [-0.3, -0.25) is 0 Å². The fourth-order valence-electron chi connectivity index (χ4n) is 2.57. The summed E-state index contributed by atoms with van der Waals surface area (Å²) in [5, 5.41) is 0. The number of unbranched alkanes of at least 4 members (excludes halogenated alkanes) is 11. The van der Waals surface area contributed by atoms with Gasteiger partial charge >= 0.3 is 0 Å². The van der Waals surface area contributed by atoms with Crippen molar-refractivity contribution in [3.8, 4) is 0 Å². The second-order valence-corrected chi connectivity index (χ2v) is 7.05. The molecule has 0 aliphatic heterocycles. The lowest BCUT2D eigenvalue weighted by Gasteiger charge is -2.21. The molecule has 0 aromatic heterocycles. The monoisotopic (exact) mass is 267 g/mol. The summed E-state index contributed by atoms with van der Waals surface area (Å²) in [5.74, 6) is 0. The molecule has 0 aromatic rings. The van der Waals surface area contributed by atoms with Crippen LogP contribution in [0, 0.1) is 12.3 Å². The average Bonchev–Trinajstić information content (AvgIpc) is 2.40. The molecule has 0 N–H and O–H groups in total. The summed E-state index contributed by atoms with van der Waals surface area (Å²) < 4.78 is 0. The van der Waals surface area contributed by atoms with Crippen LogP contribution in [-0.2, 0) is 0 Å². The summed E-state index contributed by atoms with van der Waals surface area (Å²) in [4.78, 5) is 0. The van der Waals surface area contributed by atoms with Crippen LogP contribution < -0.4 is 0 Å². The van der Waals surface area contributed by atoms with Crippen molar-refractivity contribution in [2.45, 2.75) is 111 Å². The first kappa shape index (κ1) is 19.0. The molecule has 115 valence electrons. The Morgan fingerprint density at radius 2 is 1.00 bits per heavy atom. The van der Waals surface area contributed by atoms with Crippen molar-refractivity contribution >= 4 is 0 Å². The molecule has 0 aromatic carbocycles. The van der Waals surface area contributed by atoms with E-state index in [0.717, 1.165) is 6.42 Å². The number of rotatable bonds is 14. The maximum atomic E-state index is 4.03. The summed E-state index contributed by atoms with van der Waals surface area (Å²) in [7, 11) is 0. The van der Waals surface area contributed by atoms with Crippen LogP contribution in [0.1, 0.15) is 111 Å². The summed E-state index contributed by atoms with van der Waals surface area (Å²) in [6.45, 7) is 11.0. The molecule has 19 heavy (non-hydrogen) atoms. The Morgan fingerprint density at radius 3 is 1.37 bits per heavy atom. The highest BCUT2D eigenvalue weighted by molar-refractivity contribution is 4.69. The third-order valence-corrected chi connectivity index (χ3v) is 4.38. The van der Waals surface area contributed by atoms with Gasteiger partial charge in [-0.1, -0.05) is 105 Å². The zero-order valence-corrected chi connectivity index (χ0v) is 14.1. The SMILES string of the molecule is [CH2]CC(C)(C)CCCCCCCCCCCCCC. The van der Waals surface area contributed by atoms with Crippen molar-refractivity contribution in [3.63, 3.8) is 0 Å². The molecule has 0 bridgehead atoms. The molecule has 0 fully saturated rings. The predicted molar refractivity (Wildman–Crippen MR) is 89.5 cm³/mol. The first-order chi connectivity index (χ1) is 9.12. The Bertz CT molecular complexity index is 169. The number of hydrogen-bond donors (Lipinski definition) is 0. The number of hydrogen-bond acceptors (Lipinski definition) is 0. The maximum Gasteiger partial charge on any atom is -0.0354 e. The molecule has 0 saturated carbocycles. The highest BCUT2D eigenvalue weighted by atomic mass is 14.2. The lowest BCUT2D eigenvalue weighted by molar-refractivity contribution is 0.321. The van der Waals surface area contributed by atoms with E-state index in [0.29, 0.717) is 5.41 Å². The van der Waals surface area contributed by atoms with E-state index < -0.39 is 0 Å². The van der Waals surface area contributed by atoms with Crippen molar-refractivity contribution in [1.82, 2.24) is 0 Å². The van der Waals surface area contributed by atoms with Gasteiger partial charge in [0.05, 0.1) is 0 Å². The first-order valence-electron chi connectivity index (χ1n) is 8.91. The van der Waals surface area contributed by atoms with E-state index in [1.165, 1.54) is 83.5 Å². The topological polar surface area (TPSA) is 0 Å². The van der Waals surface area contributed by atoms with Gasteiger partial charge in [0.25, 0.3) is 0 Å². The van der Waals surface area contributed by atoms with Crippen LogP contribution in [0.5, 0.6) is 0 Å². The third kappa shape index (κ3) is 14.2. The van der Waals surface area contributed by atoms with Crippen molar-refractivity contribution < 1.29 is 0 Å². The molecule has 0 heterocycles. The zero-order chi connectivity index (χ0) is 14.4. The van der Waals surface area contributed by atoms with Crippen LogP contribution in [0.25, 0.3) is 0 Å². The molecule has 0 amide bonds. The van der Waals surface area contributed by atoms with E-state index in [2.05, 4.69) is 27.7 Å². The molecule has 0 saturated heterocycles. The highest BCUT2D eigenvalue weighted by Crippen LogP contribution is 2.27. The van der Waals surface area contributed by atoms with Crippen LogP contribution in [0.15, 0.2) is 0 Å². The second kappa shape index (κ2) is 13.0. The van der Waals surface area contributed by atoms with Gasteiger partial charge in [0.2, 0.25) is 0 Å². The molecule has 0 rings (SSSR count). The first-order valence-corrected chi connectivity index (χ1v) is 8.91. The largest absolute Gasteiger partial charge is 0.0654 e. The van der Waals surface area contributed by atoms with Crippen LogP contribution in [0.3, 0.4) is 0 Å². The second-order valence-electron chi connectivity index (χ2n) is 7.05. The van der Waals surface area contributed by atoms with Gasteiger partial charge in [-0.05, 0) is 18.3 Å². The molecular weight excluding hydrogens is 228 g/mol. The zero-order valence-electron chi connectivity index (χ0n) is 14.1. The Balaban J connectivity index is 3.07. The Kier molecular flexibility index (Phi) is 13.0.